The third-order valence-corrected chi connectivity index (χ3v) is 4.88. The van der Waals surface area contributed by atoms with Gasteiger partial charge in [0.15, 0.2) is 0 Å². The van der Waals surface area contributed by atoms with Gasteiger partial charge in [0.25, 0.3) is 0 Å². The summed E-state index contributed by atoms with van der Waals surface area (Å²) in [6.07, 6.45) is 3.15. The molecule has 3 amide bonds. The number of nitrogens with two attached hydrogens (primary N) is 1. The van der Waals surface area contributed by atoms with E-state index < -0.39 is 6.04 Å². The number of likely N-dealkylation sites (N-methyl/N-ethyl adjacent to an activating group) is 1. The Hall–Kier alpha value is -2.78. The highest BCUT2D eigenvalue weighted by atomic mass is 16.2. The number of hydrogen-bond acceptors (Lipinski definition) is 7. The summed E-state index contributed by atoms with van der Waals surface area (Å²) < 4.78 is 0. The van der Waals surface area contributed by atoms with Gasteiger partial charge in [-0.3, -0.25) is 29.4 Å². The van der Waals surface area contributed by atoms with Gasteiger partial charge in [-0.15, -0.1) is 0 Å². The normalized spacial score (nSPS) is 16.4. The van der Waals surface area contributed by atoms with E-state index in [0.29, 0.717) is 42.9 Å². The van der Waals surface area contributed by atoms with E-state index in [1.54, 1.807) is 25.2 Å². The SMILES string of the molecule is CN(Cc1c(C=O)cccc1NCC(=O)NCCCCN)C1CCC(=O)NC1=O. The zero-order valence-electron chi connectivity index (χ0n) is 16.7. The molecule has 1 aromatic rings. The van der Waals surface area contributed by atoms with Crippen LogP contribution < -0.4 is 21.7 Å². The maximum Gasteiger partial charge on any atom is 0.243 e. The zero-order chi connectivity index (χ0) is 21.2. The molecule has 158 valence electrons. The Morgan fingerprint density at radius 3 is 2.83 bits per heavy atom. The number of piperidine rings is 1. The van der Waals surface area contributed by atoms with Crippen molar-refractivity contribution in [1.29, 1.82) is 0 Å². The number of unbranched alkanes of at least 4 members (excludes halogenated alkanes) is 1. The van der Waals surface area contributed by atoms with Crippen molar-refractivity contribution < 1.29 is 19.2 Å². The lowest BCUT2D eigenvalue weighted by Gasteiger charge is -2.30. The second kappa shape index (κ2) is 11.3. The van der Waals surface area contributed by atoms with Crippen molar-refractivity contribution >= 4 is 29.7 Å². The first-order chi connectivity index (χ1) is 14.0. The van der Waals surface area contributed by atoms with Crippen LogP contribution >= 0.6 is 0 Å². The molecule has 1 aliphatic heterocycles. The second-order valence-corrected chi connectivity index (χ2v) is 7.07. The molecule has 0 saturated carbocycles. The van der Waals surface area contributed by atoms with Crippen LogP contribution in [0.5, 0.6) is 0 Å². The largest absolute Gasteiger partial charge is 0.376 e. The highest BCUT2D eigenvalue weighted by molar-refractivity contribution is 6.00. The molecule has 29 heavy (non-hydrogen) atoms. The van der Waals surface area contributed by atoms with E-state index >= 15 is 0 Å². The molecule has 1 aliphatic rings. The van der Waals surface area contributed by atoms with Crippen LogP contribution in [-0.4, -0.2) is 61.6 Å². The molecule has 1 saturated heterocycles. The number of hydrogen-bond donors (Lipinski definition) is 4. The predicted octanol–water partition coefficient (Wildman–Crippen LogP) is 0.00310. The van der Waals surface area contributed by atoms with Gasteiger partial charge in [0.05, 0.1) is 12.6 Å². The fourth-order valence-corrected chi connectivity index (χ4v) is 3.25. The van der Waals surface area contributed by atoms with Crippen molar-refractivity contribution in [3.63, 3.8) is 0 Å². The van der Waals surface area contributed by atoms with Crippen LogP contribution in [0.4, 0.5) is 5.69 Å². The Labute approximate surface area is 170 Å². The third kappa shape index (κ3) is 6.65. The van der Waals surface area contributed by atoms with Crippen molar-refractivity contribution in [1.82, 2.24) is 15.5 Å². The Balaban J connectivity index is 2.03. The number of nitrogens with zero attached hydrogens (tertiary/aromatic N) is 1. The average molecular weight is 403 g/mol. The standard InChI is InChI=1S/C20H29N5O4/c1-25(17-7-8-18(27)24-20(17)29)12-15-14(13-26)5-4-6-16(15)23-11-19(28)22-10-3-2-9-21/h4-6,13,17,23H,2-3,7-12,21H2,1H3,(H,22,28)(H,24,27,29). The lowest BCUT2D eigenvalue weighted by atomic mass is 10.0. The second-order valence-electron chi connectivity index (χ2n) is 7.07. The molecule has 1 unspecified atom stereocenters. The molecular formula is C20H29N5O4. The first-order valence-electron chi connectivity index (χ1n) is 9.78. The van der Waals surface area contributed by atoms with E-state index in [4.69, 9.17) is 5.73 Å². The minimum Gasteiger partial charge on any atom is -0.376 e. The number of aldehydes is 1. The molecule has 1 heterocycles. The van der Waals surface area contributed by atoms with Crippen molar-refractivity contribution in [2.45, 2.75) is 38.3 Å². The monoisotopic (exact) mass is 403 g/mol. The first-order valence-corrected chi connectivity index (χ1v) is 9.78. The van der Waals surface area contributed by atoms with E-state index in [1.165, 1.54) is 0 Å². The highest BCUT2D eigenvalue weighted by Crippen LogP contribution is 2.23. The fourth-order valence-electron chi connectivity index (χ4n) is 3.25. The smallest absolute Gasteiger partial charge is 0.243 e. The zero-order valence-corrected chi connectivity index (χ0v) is 16.7. The fraction of sp³-hybridized carbons (Fsp3) is 0.500. The molecule has 0 aromatic heterocycles. The number of amides is 3. The van der Waals surface area contributed by atoms with Crippen LogP contribution in [0.3, 0.4) is 0 Å². The number of imide groups is 1. The summed E-state index contributed by atoms with van der Waals surface area (Å²) in [7, 11) is 1.77. The minimum absolute atomic E-state index is 0.0695. The van der Waals surface area contributed by atoms with Gasteiger partial charge in [-0.2, -0.15) is 0 Å². The number of rotatable bonds is 11. The molecule has 9 nitrogen and oxygen atoms in total. The van der Waals surface area contributed by atoms with Crippen molar-refractivity contribution in [3.05, 3.63) is 29.3 Å². The van der Waals surface area contributed by atoms with E-state index in [0.717, 1.165) is 19.1 Å². The van der Waals surface area contributed by atoms with E-state index in [-0.39, 0.29) is 30.7 Å². The summed E-state index contributed by atoms with van der Waals surface area (Å²) in [6, 6.07) is 4.77. The maximum absolute atomic E-state index is 12.1. The van der Waals surface area contributed by atoms with Crippen molar-refractivity contribution in [2.75, 3.05) is 32.0 Å². The summed E-state index contributed by atoms with van der Waals surface area (Å²) in [5.74, 6) is -0.755. The molecule has 1 fully saturated rings. The van der Waals surface area contributed by atoms with Crippen LogP contribution in [-0.2, 0) is 20.9 Å². The van der Waals surface area contributed by atoms with E-state index in [9.17, 15) is 19.2 Å². The van der Waals surface area contributed by atoms with Crippen molar-refractivity contribution in [2.24, 2.45) is 5.73 Å². The van der Waals surface area contributed by atoms with Crippen LogP contribution in [0.15, 0.2) is 18.2 Å². The van der Waals surface area contributed by atoms with Crippen molar-refractivity contribution in [3.8, 4) is 0 Å². The van der Waals surface area contributed by atoms with E-state index in [1.807, 2.05) is 4.90 Å². The number of benzene rings is 1. The number of nitrogens with one attached hydrogen (secondary N) is 3. The third-order valence-electron chi connectivity index (χ3n) is 4.88. The average Bonchev–Trinajstić information content (AvgIpc) is 2.70. The van der Waals surface area contributed by atoms with Gasteiger partial charge in [0.1, 0.15) is 6.29 Å². The van der Waals surface area contributed by atoms with Crippen LogP contribution in [0.25, 0.3) is 0 Å². The van der Waals surface area contributed by atoms with Gasteiger partial charge in [-0.05, 0) is 44.5 Å². The summed E-state index contributed by atoms with van der Waals surface area (Å²) >= 11 is 0. The minimum atomic E-state index is -0.453. The predicted molar refractivity (Wildman–Crippen MR) is 109 cm³/mol. The molecule has 0 spiro atoms. The van der Waals surface area contributed by atoms with Crippen LogP contribution in [0, 0.1) is 0 Å². The first kappa shape index (κ1) is 22.5. The molecule has 2 rings (SSSR count). The summed E-state index contributed by atoms with van der Waals surface area (Å²) in [4.78, 5) is 48.8. The maximum atomic E-state index is 12.1. The number of anilines is 1. The highest BCUT2D eigenvalue weighted by Gasteiger charge is 2.30. The molecule has 9 heteroatoms. The molecule has 1 aromatic carbocycles. The van der Waals surface area contributed by atoms with Crippen LogP contribution in [0.1, 0.15) is 41.6 Å². The topological polar surface area (TPSA) is 134 Å². The van der Waals surface area contributed by atoms with Gasteiger partial charge in [-0.1, -0.05) is 12.1 Å². The molecule has 0 aliphatic carbocycles. The Bertz CT molecular complexity index is 752. The number of carbonyl (C=O) groups is 4. The van der Waals surface area contributed by atoms with E-state index in [2.05, 4.69) is 16.0 Å². The van der Waals surface area contributed by atoms with Gasteiger partial charge in [0.2, 0.25) is 17.7 Å². The lowest BCUT2D eigenvalue weighted by molar-refractivity contribution is -0.137. The summed E-state index contributed by atoms with van der Waals surface area (Å²) in [5.41, 5.74) is 7.28. The number of carbonyl (C=O) groups excluding carboxylic acids is 4. The quantitative estimate of drug-likeness (QED) is 0.232. The van der Waals surface area contributed by atoms with Gasteiger partial charge in [-0.25, -0.2) is 0 Å². The van der Waals surface area contributed by atoms with Gasteiger partial charge in [0, 0.05) is 30.8 Å². The van der Waals surface area contributed by atoms with Gasteiger partial charge >= 0.3 is 0 Å². The Kier molecular flexibility index (Phi) is 8.75. The lowest BCUT2D eigenvalue weighted by Crippen LogP contribution is -2.51. The Morgan fingerprint density at radius 2 is 2.14 bits per heavy atom. The van der Waals surface area contributed by atoms with Gasteiger partial charge < -0.3 is 16.4 Å². The molecule has 1 atom stereocenters. The Morgan fingerprint density at radius 1 is 1.34 bits per heavy atom. The molecule has 5 N–H and O–H groups in total. The molecule has 0 radical (unpaired) electrons. The molecule has 0 bridgehead atoms. The van der Waals surface area contributed by atoms with Crippen LogP contribution in [0.2, 0.25) is 0 Å². The summed E-state index contributed by atoms with van der Waals surface area (Å²) in [5, 5.41) is 8.24. The summed E-state index contributed by atoms with van der Waals surface area (Å²) in [6.45, 7) is 1.55. The molecular weight excluding hydrogens is 374 g/mol.